The second-order valence-corrected chi connectivity index (χ2v) is 7.32. The number of morpholine rings is 1. The van der Waals surface area contributed by atoms with Gasteiger partial charge in [0.2, 0.25) is 0 Å². The molecule has 0 spiro atoms. The van der Waals surface area contributed by atoms with Crippen molar-refractivity contribution in [2.45, 2.75) is 13.0 Å². The van der Waals surface area contributed by atoms with Crippen LogP contribution in [0.5, 0.6) is 5.75 Å². The third-order valence-corrected chi connectivity index (χ3v) is 5.06. The molecule has 0 saturated carbocycles. The number of para-hydroxylation sites is 1. The third-order valence-electron chi connectivity index (χ3n) is 4.14. The summed E-state index contributed by atoms with van der Waals surface area (Å²) < 4.78 is 24.7. The van der Waals surface area contributed by atoms with Gasteiger partial charge in [-0.15, -0.1) is 0 Å². The van der Waals surface area contributed by atoms with Crippen LogP contribution in [0.15, 0.2) is 40.9 Å². The summed E-state index contributed by atoms with van der Waals surface area (Å²) in [4.78, 5) is 14.7. The molecule has 5 nitrogen and oxygen atoms in total. The lowest BCUT2D eigenvalue weighted by atomic mass is 10.2. The van der Waals surface area contributed by atoms with Crippen molar-refractivity contribution in [2.24, 2.45) is 0 Å². The highest BCUT2D eigenvalue weighted by atomic mass is 79.9. The van der Waals surface area contributed by atoms with Gasteiger partial charge in [0.1, 0.15) is 11.6 Å². The lowest BCUT2D eigenvalue weighted by Gasteiger charge is -2.31. The molecule has 1 N–H and O–H groups in total. The van der Waals surface area contributed by atoms with Crippen molar-refractivity contribution in [2.75, 3.05) is 36.5 Å². The predicted molar refractivity (Wildman–Crippen MR) is 107 cm³/mol. The maximum Gasteiger partial charge on any atom is 0.265 e. The molecule has 3 rings (SSSR count). The van der Waals surface area contributed by atoms with Crippen molar-refractivity contribution in [3.63, 3.8) is 0 Å². The van der Waals surface area contributed by atoms with Crippen LogP contribution < -0.4 is 15.0 Å². The van der Waals surface area contributed by atoms with Crippen LogP contribution in [0.1, 0.15) is 6.92 Å². The van der Waals surface area contributed by atoms with E-state index in [0.29, 0.717) is 47.2 Å². The average molecular weight is 458 g/mol. The molecule has 1 atom stereocenters. The Morgan fingerprint density at radius 1 is 1.33 bits per heavy atom. The molecule has 1 saturated heterocycles. The number of amides is 1. The molecule has 1 fully saturated rings. The largest absolute Gasteiger partial charge is 0.480 e. The van der Waals surface area contributed by atoms with Crippen LogP contribution in [0.3, 0.4) is 0 Å². The number of anilines is 2. The number of ether oxygens (including phenoxy) is 2. The summed E-state index contributed by atoms with van der Waals surface area (Å²) in [5, 5.41) is 3.44. The van der Waals surface area contributed by atoms with Crippen LogP contribution in [0, 0.1) is 5.82 Å². The second kappa shape index (κ2) is 8.91. The molecule has 0 aliphatic carbocycles. The van der Waals surface area contributed by atoms with E-state index < -0.39 is 6.10 Å². The van der Waals surface area contributed by atoms with Gasteiger partial charge in [0.05, 0.1) is 34.1 Å². The Morgan fingerprint density at radius 2 is 2.07 bits per heavy atom. The van der Waals surface area contributed by atoms with Gasteiger partial charge in [-0.2, -0.15) is 0 Å². The highest BCUT2D eigenvalue weighted by molar-refractivity contribution is 9.10. The van der Waals surface area contributed by atoms with Crippen molar-refractivity contribution in [1.29, 1.82) is 0 Å². The first-order valence-electron chi connectivity index (χ1n) is 8.49. The van der Waals surface area contributed by atoms with E-state index in [1.54, 1.807) is 25.1 Å². The van der Waals surface area contributed by atoms with Gasteiger partial charge in [-0.25, -0.2) is 4.39 Å². The SMILES string of the molecule is CC(Oc1ccc(F)cc1Br)C(=O)Nc1cccc(Cl)c1N1CCOCC1. The lowest BCUT2D eigenvalue weighted by Crippen LogP contribution is -2.37. The van der Waals surface area contributed by atoms with Gasteiger partial charge in [0.25, 0.3) is 5.91 Å². The maximum absolute atomic E-state index is 13.2. The van der Waals surface area contributed by atoms with Crippen molar-refractivity contribution >= 4 is 44.8 Å². The number of nitrogens with zero attached hydrogens (tertiary/aromatic N) is 1. The Bertz CT molecular complexity index is 831. The van der Waals surface area contributed by atoms with E-state index in [4.69, 9.17) is 21.1 Å². The molecule has 0 aromatic heterocycles. The number of halogens is 3. The monoisotopic (exact) mass is 456 g/mol. The Labute approximate surface area is 170 Å². The summed E-state index contributed by atoms with van der Waals surface area (Å²) in [6.07, 6.45) is -0.789. The number of carbonyl (C=O) groups is 1. The highest BCUT2D eigenvalue weighted by Gasteiger charge is 2.22. The third kappa shape index (κ3) is 4.91. The highest BCUT2D eigenvalue weighted by Crippen LogP contribution is 2.34. The second-order valence-electron chi connectivity index (χ2n) is 6.06. The molecule has 0 bridgehead atoms. The smallest absolute Gasteiger partial charge is 0.265 e. The van der Waals surface area contributed by atoms with E-state index in [1.807, 2.05) is 0 Å². The van der Waals surface area contributed by atoms with Crippen molar-refractivity contribution in [3.05, 3.63) is 51.7 Å². The molecule has 1 heterocycles. The minimum absolute atomic E-state index is 0.331. The first-order chi connectivity index (χ1) is 13.0. The number of carbonyl (C=O) groups excluding carboxylic acids is 1. The topological polar surface area (TPSA) is 50.8 Å². The summed E-state index contributed by atoms with van der Waals surface area (Å²) in [6, 6.07) is 9.41. The van der Waals surface area contributed by atoms with E-state index in [0.717, 1.165) is 5.69 Å². The van der Waals surface area contributed by atoms with Crippen LogP contribution in [-0.2, 0) is 9.53 Å². The van der Waals surface area contributed by atoms with Gasteiger partial charge in [-0.3, -0.25) is 4.79 Å². The molecule has 0 radical (unpaired) electrons. The van der Waals surface area contributed by atoms with Crippen LogP contribution in [-0.4, -0.2) is 38.3 Å². The van der Waals surface area contributed by atoms with Crippen molar-refractivity contribution in [1.82, 2.24) is 0 Å². The van der Waals surface area contributed by atoms with Crippen LogP contribution in [0.4, 0.5) is 15.8 Å². The average Bonchev–Trinajstić information content (AvgIpc) is 2.64. The van der Waals surface area contributed by atoms with Gasteiger partial charge in [0, 0.05) is 13.1 Å². The molecule has 8 heteroatoms. The Morgan fingerprint density at radius 3 is 2.78 bits per heavy atom. The maximum atomic E-state index is 13.2. The summed E-state index contributed by atoms with van der Waals surface area (Å²) in [5.41, 5.74) is 1.38. The fourth-order valence-electron chi connectivity index (χ4n) is 2.77. The van der Waals surface area contributed by atoms with Crippen LogP contribution in [0.25, 0.3) is 0 Å². The van der Waals surface area contributed by atoms with Gasteiger partial charge in [-0.1, -0.05) is 17.7 Å². The molecule has 1 aliphatic heterocycles. The number of nitrogens with one attached hydrogen (secondary N) is 1. The number of hydrogen-bond donors (Lipinski definition) is 1. The fraction of sp³-hybridized carbons (Fsp3) is 0.316. The summed E-state index contributed by atoms with van der Waals surface area (Å²) in [5.74, 6) is -0.332. The normalized spacial score (nSPS) is 15.3. The Balaban J connectivity index is 1.74. The van der Waals surface area contributed by atoms with Gasteiger partial charge >= 0.3 is 0 Å². The zero-order valence-electron chi connectivity index (χ0n) is 14.7. The summed E-state index contributed by atoms with van der Waals surface area (Å²) in [7, 11) is 0. The summed E-state index contributed by atoms with van der Waals surface area (Å²) in [6.45, 7) is 4.24. The van der Waals surface area contributed by atoms with Gasteiger partial charge in [-0.05, 0) is 53.2 Å². The van der Waals surface area contributed by atoms with E-state index in [2.05, 4.69) is 26.1 Å². The lowest BCUT2D eigenvalue weighted by molar-refractivity contribution is -0.122. The molecule has 1 aliphatic rings. The fourth-order valence-corrected chi connectivity index (χ4v) is 3.51. The van der Waals surface area contributed by atoms with Crippen LogP contribution >= 0.6 is 27.5 Å². The molecular formula is C19H19BrClFN2O3. The van der Waals surface area contributed by atoms with E-state index >= 15 is 0 Å². The van der Waals surface area contributed by atoms with E-state index in [-0.39, 0.29) is 11.7 Å². The first-order valence-corrected chi connectivity index (χ1v) is 9.66. The quantitative estimate of drug-likeness (QED) is 0.719. The summed E-state index contributed by atoms with van der Waals surface area (Å²) >= 11 is 9.62. The minimum Gasteiger partial charge on any atom is -0.480 e. The van der Waals surface area contributed by atoms with Gasteiger partial charge in [0.15, 0.2) is 6.10 Å². The molecular weight excluding hydrogens is 439 g/mol. The zero-order chi connectivity index (χ0) is 19.4. The zero-order valence-corrected chi connectivity index (χ0v) is 17.0. The van der Waals surface area contributed by atoms with Crippen molar-refractivity contribution in [3.8, 4) is 5.75 Å². The molecule has 2 aromatic rings. The molecule has 2 aromatic carbocycles. The number of rotatable bonds is 5. The van der Waals surface area contributed by atoms with Crippen LogP contribution in [0.2, 0.25) is 5.02 Å². The molecule has 144 valence electrons. The number of benzene rings is 2. The predicted octanol–water partition coefficient (Wildman–Crippen LogP) is 4.48. The Hall–Kier alpha value is -1.83. The first kappa shape index (κ1) is 19.9. The van der Waals surface area contributed by atoms with Gasteiger partial charge < -0.3 is 19.7 Å². The number of hydrogen-bond acceptors (Lipinski definition) is 4. The molecule has 1 unspecified atom stereocenters. The Kier molecular flexibility index (Phi) is 6.57. The van der Waals surface area contributed by atoms with E-state index in [1.165, 1.54) is 18.2 Å². The standard InChI is InChI=1S/C19H19BrClFN2O3/c1-12(27-17-6-5-13(22)11-14(17)20)19(25)23-16-4-2-3-15(21)18(16)24-7-9-26-10-8-24/h2-6,11-12H,7-10H2,1H3,(H,23,25). The molecule has 1 amide bonds. The molecule has 27 heavy (non-hydrogen) atoms. The van der Waals surface area contributed by atoms with E-state index in [9.17, 15) is 9.18 Å². The minimum atomic E-state index is -0.789. The van der Waals surface area contributed by atoms with Crippen molar-refractivity contribution < 1.29 is 18.7 Å².